The average Bonchev–Trinajstić information content (AvgIpc) is 2.29. The maximum absolute atomic E-state index is 13.8. The second-order valence-corrected chi connectivity index (χ2v) is 3.57. The number of carboxylic acids is 1. The van der Waals surface area contributed by atoms with E-state index in [1.54, 1.807) is 0 Å². The Morgan fingerprint density at radius 3 is 3.00 bits per heavy atom. The van der Waals surface area contributed by atoms with Gasteiger partial charge in [0.25, 0.3) is 0 Å². The van der Waals surface area contributed by atoms with Gasteiger partial charge < -0.3 is 15.3 Å². The average molecular weight is 239 g/mol. The number of nitrogens with zero attached hydrogens (tertiary/aromatic N) is 2. The van der Waals surface area contributed by atoms with Crippen LogP contribution in [-0.4, -0.2) is 41.6 Å². The van der Waals surface area contributed by atoms with Crippen LogP contribution < -0.4 is 10.2 Å². The molecule has 0 unspecified atom stereocenters. The first kappa shape index (κ1) is 11.3. The molecule has 1 aliphatic rings. The second-order valence-electron chi connectivity index (χ2n) is 3.57. The number of aromatic nitrogens is 1. The smallest absolute Gasteiger partial charge is 0.338 e. The summed E-state index contributed by atoms with van der Waals surface area (Å²) in [5, 5.41) is 11.4. The summed E-state index contributed by atoms with van der Waals surface area (Å²) in [5.41, 5.74) is -0.444. The van der Waals surface area contributed by atoms with Gasteiger partial charge in [-0.3, -0.25) is 4.79 Å². The van der Waals surface area contributed by atoms with Gasteiger partial charge in [0.1, 0.15) is 5.56 Å². The Balaban J connectivity index is 2.35. The summed E-state index contributed by atoms with van der Waals surface area (Å²) in [6.45, 7) is 0.767. The van der Waals surface area contributed by atoms with Crippen LogP contribution in [0, 0.1) is 5.82 Å². The Labute approximate surface area is 96.1 Å². The minimum Gasteiger partial charge on any atom is -0.478 e. The Kier molecular flexibility index (Phi) is 2.90. The summed E-state index contributed by atoms with van der Waals surface area (Å²) < 4.78 is 13.8. The summed E-state index contributed by atoms with van der Waals surface area (Å²) >= 11 is 0. The van der Waals surface area contributed by atoms with Gasteiger partial charge in [0.15, 0.2) is 11.6 Å². The summed E-state index contributed by atoms with van der Waals surface area (Å²) in [7, 11) is 0. The number of nitrogens with one attached hydrogen (secondary N) is 1. The van der Waals surface area contributed by atoms with Gasteiger partial charge in [-0.2, -0.15) is 0 Å². The molecule has 0 atom stereocenters. The number of pyridine rings is 1. The van der Waals surface area contributed by atoms with Crippen LogP contribution >= 0.6 is 0 Å². The van der Waals surface area contributed by atoms with E-state index in [0.717, 1.165) is 6.07 Å². The fourth-order valence-electron chi connectivity index (χ4n) is 1.64. The number of anilines is 1. The standard InChI is InChI=1S/C10H10FN3O3/c11-8-6(10(16)17)1-2-13-9(8)14-4-3-12-7(15)5-14/h1-2H,3-5H2,(H,12,15)(H,16,17). The highest BCUT2D eigenvalue weighted by Gasteiger charge is 2.23. The molecule has 1 fully saturated rings. The lowest BCUT2D eigenvalue weighted by molar-refractivity contribution is -0.120. The summed E-state index contributed by atoms with van der Waals surface area (Å²) in [5.74, 6) is -2.60. The van der Waals surface area contributed by atoms with Gasteiger partial charge >= 0.3 is 5.97 Å². The monoisotopic (exact) mass is 239 g/mol. The lowest BCUT2D eigenvalue weighted by Crippen LogP contribution is -2.48. The number of piperazine rings is 1. The Morgan fingerprint density at radius 1 is 1.59 bits per heavy atom. The molecule has 6 nitrogen and oxygen atoms in total. The molecule has 1 saturated heterocycles. The van der Waals surface area contributed by atoms with Crippen molar-refractivity contribution >= 4 is 17.7 Å². The lowest BCUT2D eigenvalue weighted by Gasteiger charge is -2.27. The molecule has 1 aromatic heterocycles. The molecule has 2 heterocycles. The number of halogens is 1. The third-order valence-electron chi connectivity index (χ3n) is 2.44. The fourth-order valence-corrected chi connectivity index (χ4v) is 1.64. The van der Waals surface area contributed by atoms with Crippen LogP contribution in [0.25, 0.3) is 0 Å². The summed E-state index contributed by atoms with van der Waals surface area (Å²) in [4.78, 5) is 27.1. The van der Waals surface area contributed by atoms with Gasteiger partial charge in [-0.05, 0) is 6.07 Å². The van der Waals surface area contributed by atoms with E-state index in [-0.39, 0.29) is 18.3 Å². The molecule has 17 heavy (non-hydrogen) atoms. The molecule has 0 saturated carbocycles. The normalized spacial score (nSPS) is 15.6. The number of carboxylic acid groups (broad SMARTS) is 1. The quantitative estimate of drug-likeness (QED) is 0.750. The van der Waals surface area contributed by atoms with Crippen molar-refractivity contribution < 1.29 is 19.1 Å². The Morgan fingerprint density at radius 2 is 2.35 bits per heavy atom. The molecule has 0 radical (unpaired) electrons. The first-order valence-corrected chi connectivity index (χ1v) is 4.99. The number of aromatic carboxylic acids is 1. The van der Waals surface area contributed by atoms with Crippen molar-refractivity contribution in [1.82, 2.24) is 10.3 Å². The van der Waals surface area contributed by atoms with E-state index in [1.807, 2.05) is 0 Å². The summed E-state index contributed by atoms with van der Waals surface area (Å²) in [6.07, 6.45) is 1.22. The van der Waals surface area contributed by atoms with E-state index in [9.17, 15) is 14.0 Å². The van der Waals surface area contributed by atoms with Crippen LogP contribution in [0.1, 0.15) is 10.4 Å². The zero-order chi connectivity index (χ0) is 12.4. The van der Waals surface area contributed by atoms with Crippen molar-refractivity contribution in [3.63, 3.8) is 0 Å². The van der Waals surface area contributed by atoms with E-state index < -0.39 is 17.3 Å². The highest BCUT2D eigenvalue weighted by molar-refractivity contribution is 5.89. The molecular weight excluding hydrogens is 229 g/mol. The maximum Gasteiger partial charge on any atom is 0.338 e. The zero-order valence-electron chi connectivity index (χ0n) is 8.81. The summed E-state index contributed by atoms with van der Waals surface area (Å²) in [6, 6.07) is 1.09. The maximum atomic E-state index is 13.8. The number of rotatable bonds is 2. The molecule has 0 bridgehead atoms. The van der Waals surface area contributed by atoms with Gasteiger partial charge in [0, 0.05) is 19.3 Å². The molecule has 0 aromatic carbocycles. The highest BCUT2D eigenvalue weighted by atomic mass is 19.1. The number of hydrogen-bond acceptors (Lipinski definition) is 4. The van der Waals surface area contributed by atoms with Crippen LogP contribution in [0.3, 0.4) is 0 Å². The first-order chi connectivity index (χ1) is 8.09. The highest BCUT2D eigenvalue weighted by Crippen LogP contribution is 2.19. The fraction of sp³-hybridized carbons (Fsp3) is 0.300. The van der Waals surface area contributed by atoms with Gasteiger partial charge in [-0.15, -0.1) is 0 Å². The number of hydrogen-bond donors (Lipinski definition) is 2. The third-order valence-corrected chi connectivity index (χ3v) is 2.44. The van der Waals surface area contributed by atoms with Crippen LogP contribution in [0.2, 0.25) is 0 Å². The van der Waals surface area contributed by atoms with Crippen molar-refractivity contribution in [1.29, 1.82) is 0 Å². The molecule has 2 rings (SSSR count). The number of amides is 1. The van der Waals surface area contributed by atoms with Crippen molar-refractivity contribution in [2.24, 2.45) is 0 Å². The van der Waals surface area contributed by atoms with Gasteiger partial charge in [-0.25, -0.2) is 14.2 Å². The molecular formula is C10H10FN3O3. The van der Waals surface area contributed by atoms with E-state index >= 15 is 0 Å². The Hall–Kier alpha value is -2.18. The Bertz CT molecular complexity index is 478. The van der Waals surface area contributed by atoms with Crippen LogP contribution in [0.4, 0.5) is 10.2 Å². The second kappa shape index (κ2) is 4.36. The van der Waals surface area contributed by atoms with Crippen molar-refractivity contribution in [2.45, 2.75) is 0 Å². The van der Waals surface area contributed by atoms with E-state index in [4.69, 9.17) is 5.11 Å². The molecule has 2 N–H and O–H groups in total. The lowest BCUT2D eigenvalue weighted by atomic mass is 10.2. The van der Waals surface area contributed by atoms with Crippen molar-refractivity contribution in [3.05, 3.63) is 23.6 Å². The minimum absolute atomic E-state index is 0.0208. The molecule has 0 spiro atoms. The molecule has 1 amide bonds. The number of carbonyl (C=O) groups is 2. The van der Waals surface area contributed by atoms with Crippen LogP contribution in [-0.2, 0) is 4.79 Å². The zero-order valence-corrected chi connectivity index (χ0v) is 8.81. The predicted octanol–water partition coefficient (Wildman–Crippen LogP) is -0.145. The minimum atomic E-state index is -1.35. The van der Waals surface area contributed by atoms with E-state index in [0.29, 0.717) is 13.1 Å². The van der Waals surface area contributed by atoms with Crippen LogP contribution in [0.15, 0.2) is 12.3 Å². The van der Waals surface area contributed by atoms with Gasteiger partial charge in [0.05, 0.1) is 6.54 Å². The van der Waals surface area contributed by atoms with Crippen molar-refractivity contribution in [3.8, 4) is 0 Å². The third kappa shape index (κ3) is 2.17. The molecule has 7 heteroatoms. The van der Waals surface area contributed by atoms with Crippen molar-refractivity contribution in [2.75, 3.05) is 24.5 Å². The van der Waals surface area contributed by atoms with Crippen LogP contribution in [0.5, 0.6) is 0 Å². The largest absolute Gasteiger partial charge is 0.478 e. The van der Waals surface area contributed by atoms with Gasteiger partial charge in [-0.1, -0.05) is 0 Å². The topological polar surface area (TPSA) is 82.5 Å². The predicted molar refractivity (Wildman–Crippen MR) is 56.4 cm³/mol. The molecule has 1 aliphatic heterocycles. The first-order valence-electron chi connectivity index (χ1n) is 4.99. The van der Waals surface area contributed by atoms with E-state index in [1.165, 1.54) is 11.1 Å². The SMILES string of the molecule is O=C1CN(c2nccc(C(=O)O)c2F)CCN1. The van der Waals surface area contributed by atoms with Gasteiger partial charge in [0.2, 0.25) is 5.91 Å². The number of carbonyl (C=O) groups excluding carboxylic acids is 1. The molecule has 0 aliphatic carbocycles. The molecule has 1 aromatic rings. The van der Waals surface area contributed by atoms with E-state index in [2.05, 4.69) is 10.3 Å². The molecule has 90 valence electrons.